The van der Waals surface area contributed by atoms with E-state index in [0.29, 0.717) is 12.0 Å². The van der Waals surface area contributed by atoms with Crippen LogP contribution in [-0.4, -0.2) is 29.7 Å². The van der Waals surface area contributed by atoms with E-state index in [0.717, 1.165) is 10.6 Å². The van der Waals surface area contributed by atoms with Crippen molar-refractivity contribution >= 4 is 22.9 Å². The number of carbonyl (C=O) groups is 1. The summed E-state index contributed by atoms with van der Waals surface area (Å²) in [4.78, 5) is 18.7. The van der Waals surface area contributed by atoms with Crippen LogP contribution in [0.15, 0.2) is 36.0 Å². The van der Waals surface area contributed by atoms with Crippen molar-refractivity contribution in [2.24, 2.45) is 0 Å². The lowest BCUT2D eigenvalue weighted by Gasteiger charge is -2.15. The van der Waals surface area contributed by atoms with Crippen molar-refractivity contribution in [1.29, 1.82) is 0 Å². The van der Waals surface area contributed by atoms with Gasteiger partial charge in [-0.1, -0.05) is 11.8 Å². The van der Waals surface area contributed by atoms with Crippen molar-refractivity contribution in [2.45, 2.75) is 6.42 Å². The zero-order valence-corrected chi connectivity index (χ0v) is 11.9. The van der Waals surface area contributed by atoms with E-state index < -0.39 is 0 Å². The van der Waals surface area contributed by atoms with Crippen LogP contribution in [0.5, 0.6) is 0 Å². The molecule has 5 heteroatoms. The second kappa shape index (κ2) is 6.85. The summed E-state index contributed by atoms with van der Waals surface area (Å²) in [7, 11) is 1.72. The smallest absolute Gasteiger partial charge is 0.258 e. The number of hydrogen-bond donors (Lipinski definition) is 1. The molecular weight excluding hydrogens is 272 g/mol. The van der Waals surface area contributed by atoms with Gasteiger partial charge in [0.05, 0.1) is 28.9 Å². The molecule has 0 atom stereocenters. The first-order chi connectivity index (χ1) is 9.72. The van der Waals surface area contributed by atoms with Gasteiger partial charge in [-0.05, 0) is 18.2 Å². The van der Waals surface area contributed by atoms with E-state index in [1.807, 2.05) is 6.07 Å². The number of carbonyl (C=O) groups excluding carboxylic acids is 1. The molecule has 4 nitrogen and oxygen atoms in total. The van der Waals surface area contributed by atoms with Gasteiger partial charge in [-0.15, -0.1) is 11.3 Å². The summed E-state index contributed by atoms with van der Waals surface area (Å²) in [5.74, 6) is 5.67. The SMILES string of the molecule is CN(C(=O)c1csc(C#CCCO)c1)c1cccnc1. The van der Waals surface area contributed by atoms with Crippen LogP contribution < -0.4 is 4.90 Å². The molecule has 0 saturated heterocycles. The predicted octanol–water partition coefficient (Wildman–Crippen LogP) is 2.15. The Morgan fingerprint density at radius 2 is 2.40 bits per heavy atom. The molecule has 0 unspecified atom stereocenters. The maximum atomic E-state index is 12.3. The highest BCUT2D eigenvalue weighted by molar-refractivity contribution is 7.10. The van der Waals surface area contributed by atoms with E-state index in [2.05, 4.69) is 16.8 Å². The highest BCUT2D eigenvalue weighted by Crippen LogP contribution is 2.18. The van der Waals surface area contributed by atoms with Crippen molar-refractivity contribution in [1.82, 2.24) is 4.98 Å². The minimum absolute atomic E-state index is 0.0495. The Balaban J connectivity index is 2.12. The van der Waals surface area contributed by atoms with Gasteiger partial charge >= 0.3 is 0 Å². The van der Waals surface area contributed by atoms with Crippen LogP contribution in [0.4, 0.5) is 5.69 Å². The van der Waals surface area contributed by atoms with E-state index in [1.54, 1.807) is 41.9 Å². The van der Waals surface area contributed by atoms with Crippen LogP contribution >= 0.6 is 11.3 Å². The monoisotopic (exact) mass is 286 g/mol. The summed E-state index contributed by atoms with van der Waals surface area (Å²) in [5.41, 5.74) is 1.35. The molecule has 0 saturated carbocycles. The third kappa shape index (κ3) is 3.44. The molecule has 20 heavy (non-hydrogen) atoms. The maximum Gasteiger partial charge on any atom is 0.258 e. The molecule has 0 aliphatic carbocycles. The molecule has 2 heterocycles. The summed E-state index contributed by atoms with van der Waals surface area (Å²) in [5, 5.41) is 10.5. The third-order valence-electron chi connectivity index (χ3n) is 2.63. The van der Waals surface area contributed by atoms with Crippen molar-refractivity contribution in [3.05, 3.63) is 46.4 Å². The molecule has 1 N–H and O–H groups in total. The van der Waals surface area contributed by atoms with Crippen LogP contribution in [0.1, 0.15) is 21.7 Å². The highest BCUT2D eigenvalue weighted by Gasteiger charge is 2.14. The number of amides is 1. The third-order valence-corrected chi connectivity index (χ3v) is 3.48. The summed E-state index contributed by atoms with van der Waals surface area (Å²) in [6.45, 7) is 0.0495. The maximum absolute atomic E-state index is 12.3. The first-order valence-electron chi connectivity index (χ1n) is 6.08. The van der Waals surface area contributed by atoms with Crippen LogP contribution in [-0.2, 0) is 0 Å². The van der Waals surface area contributed by atoms with E-state index in [9.17, 15) is 4.79 Å². The van der Waals surface area contributed by atoms with Crippen LogP contribution in [0, 0.1) is 11.8 Å². The Bertz CT molecular complexity index is 641. The molecule has 1 amide bonds. The number of aliphatic hydroxyl groups excluding tert-OH is 1. The Hall–Kier alpha value is -2.16. The number of aliphatic hydroxyl groups is 1. The fourth-order valence-corrected chi connectivity index (χ4v) is 2.33. The van der Waals surface area contributed by atoms with Gasteiger partial charge in [0.25, 0.3) is 5.91 Å². The van der Waals surface area contributed by atoms with E-state index in [-0.39, 0.29) is 12.5 Å². The Morgan fingerprint density at radius 1 is 1.55 bits per heavy atom. The second-order valence-electron chi connectivity index (χ2n) is 4.05. The number of aromatic nitrogens is 1. The summed E-state index contributed by atoms with van der Waals surface area (Å²) < 4.78 is 0. The van der Waals surface area contributed by atoms with E-state index in [4.69, 9.17) is 5.11 Å². The molecule has 102 valence electrons. The number of thiophene rings is 1. The van der Waals surface area contributed by atoms with E-state index >= 15 is 0 Å². The van der Waals surface area contributed by atoms with Crippen LogP contribution in [0.25, 0.3) is 0 Å². The minimum Gasteiger partial charge on any atom is -0.395 e. The van der Waals surface area contributed by atoms with Gasteiger partial charge in [0.1, 0.15) is 0 Å². The van der Waals surface area contributed by atoms with Gasteiger partial charge in [-0.3, -0.25) is 9.78 Å². The molecule has 0 fully saturated rings. The summed E-state index contributed by atoms with van der Waals surface area (Å²) >= 11 is 1.42. The van der Waals surface area contributed by atoms with Gasteiger partial charge in [-0.2, -0.15) is 0 Å². The number of anilines is 1. The quantitative estimate of drug-likeness (QED) is 0.880. The van der Waals surface area contributed by atoms with Crippen LogP contribution in [0.2, 0.25) is 0 Å². The topological polar surface area (TPSA) is 53.4 Å². The standard InChI is InChI=1S/C15H14N2O2S/c1-17(13-5-4-7-16-10-13)15(19)12-9-14(20-11-12)6-2-3-8-18/h4-5,7,9-11,18H,3,8H2,1H3. The van der Waals surface area contributed by atoms with Crippen LogP contribution in [0.3, 0.4) is 0 Å². The Morgan fingerprint density at radius 3 is 3.10 bits per heavy atom. The van der Waals surface area contributed by atoms with Gasteiger partial charge in [0.2, 0.25) is 0 Å². The van der Waals surface area contributed by atoms with Gasteiger partial charge in [0.15, 0.2) is 0 Å². The molecule has 2 aromatic rings. The Labute approximate surface area is 121 Å². The average Bonchev–Trinajstić information content (AvgIpc) is 2.96. The summed E-state index contributed by atoms with van der Waals surface area (Å²) in [6.07, 6.45) is 3.75. The van der Waals surface area contributed by atoms with Gasteiger partial charge in [-0.25, -0.2) is 0 Å². The normalized spacial score (nSPS) is 9.70. The molecule has 0 aromatic carbocycles. The number of rotatable bonds is 3. The molecule has 0 aliphatic heterocycles. The minimum atomic E-state index is -0.0931. The zero-order valence-electron chi connectivity index (χ0n) is 11.0. The summed E-state index contributed by atoms with van der Waals surface area (Å²) in [6, 6.07) is 5.39. The molecular formula is C15H14N2O2S. The Kier molecular flexibility index (Phi) is 4.88. The second-order valence-corrected chi connectivity index (χ2v) is 4.96. The average molecular weight is 286 g/mol. The van der Waals surface area contributed by atoms with E-state index in [1.165, 1.54) is 11.3 Å². The lowest BCUT2D eigenvalue weighted by molar-refractivity contribution is 0.0993. The first-order valence-corrected chi connectivity index (χ1v) is 6.96. The fourth-order valence-electron chi connectivity index (χ4n) is 1.58. The number of pyridine rings is 1. The first kappa shape index (κ1) is 14.3. The van der Waals surface area contributed by atoms with Crippen molar-refractivity contribution in [2.75, 3.05) is 18.6 Å². The molecule has 0 aliphatic rings. The molecule has 0 radical (unpaired) electrons. The number of nitrogens with zero attached hydrogens (tertiary/aromatic N) is 2. The molecule has 2 aromatic heterocycles. The van der Waals surface area contributed by atoms with Gasteiger partial charge < -0.3 is 10.0 Å². The highest BCUT2D eigenvalue weighted by atomic mass is 32.1. The lowest BCUT2D eigenvalue weighted by atomic mass is 10.2. The van der Waals surface area contributed by atoms with Crippen molar-refractivity contribution in [3.63, 3.8) is 0 Å². The molecule has 0 spiro atoms. The lowest BCUT2D eigenvalue weighted by Crippen LogP contribution is -2.25. The predicted molar refractivity (Wildman–Crippen MR) is 79.9 cm³/mol. The molecule has 2 rings (SSSR count). The fraction of sp³-hybridized carbons (Fsp3) is 0.200. The zero-order chi connectivity index (χ0) is 14.4. The van der Waals surface area contributed by atoms with Gasteiger partial charge in [0, 0.05) is 25.0 Å². The van der Waals surface area contributed by atoms with Crippen molar-refractivity contribution < 1.29 is 9.90 Å². The molecule has 0 bridgehead atoms. The largest absolute Gasteiger partial charge is 0.395 e. The number of hydrogen-bond acceptors (Lipinski definition) is 4. The van der Waals surface area contributed by atoms with Crippen molar-refractivity contribution in [3.8, 4) is 11.8 Å².